The molecule has 0 atom stereocenters. The molecule has 0 amide bonds. The Hall–Kier alpha value is -4.43. The van der Waals surface area contributed by atoms with Crippen LogP contribution in [-0.4, -0.2) is 26.8 Å². The molecular weight excluding hydrogens is 492 g/mol. The van der Waals surface area contributed by atoms with E-state index in [0.717, 1.165) is 6.29 Å². The zero-order valence-electron chi connectivity index (χ0n) is 20.2. The topological polar surface area (TPSA) is 96.0 Å². The first kappa shape index (κ1) is 25.7. The highest BCUT2D eigenvalue weighted by Crippen LogP contribution is 2.28. The summed E-state index contributed by atoms with van der Waals surface area (Å²) in [4.78, 5) is 23.0. The van der Waals surface area contributed by atoms with E-state index in [0.29, 0.717) is 34.1 Å². The highest BCUT2D eigenvalue weighted by molar-refractivity contribution is 7.91. The average molecular weight is 517 g/mol. The van der Waals surface area contributed by atoms with Crippen LogP contribution in [0.1, 0.15) is 34.6 Å². The normalized spacial score (nSPS) is 11.1. The molecule has 4 aromatic rings. The zero-order valence-corrected chi connectivity index (χ0v) is 21.0. The Labute approximate surface area is 215 Å². The van der Waals surface area contributed by atoms with Gasteiger partial charge < -0.3 is 14.2 Å². The molecule has 4 rings (SSSR count). The number of benzene rings is 4. The maximum absolute atomic E-state index is 13.1. The van der Waals surface area contributed by atoms with Gasteiger partial charge >= 0.3 is 5.97 Å². The molecule has 8 heteroatoms. The summed E-state index contributed by atoms with van der Waals surface area (Å²) in [7, 11) is -3.75. The fourth-order valence-corrected chi connectivity index (χ4v) is 4.60. The van der Waals surface area contributed by atoms with Crippen LogP contribution < -0.4 is 9.47 Å². The monoisotopic (exact) mass is 516 g/mol. The Kier molecular flexibility index (Phi) is 7.69. The fourth-order valence-electron chi connectivity index (χ4n) is 3.34. The molecule has 0 aromatic heterocycles. The molecule has 37 heavy (non-hydrogen) atoms. The molecule has 0 radical (unpaired) electrons. The van der Waals surface area contributed by atoms with Gasteiger partial charge in [-0.3, -0.25) is 4.79 Å². The molecule has 4 aromatic carbocycles. The molecule has 7 nitrogen and oxygen atoms in total. The second-order valence-corrected chi connectivity index (χ2v) is 10.3. The van der Waals surface area contributed by atoms with E-state index in [4.69, 9.17) is 14.2 Å². The quantitative estimate of drug-likeness (QED) is 0.185. The Morgan fingerprint density at radius 3 is 1.41 bits per heavy atom. The van der Waals surface area contributed by atoms with Crippen LogP contribution in [0.25, 0.3) is 0 Å². The van der Waals surface area contributed by atoms with Crippen molar-refractivity contribution in [3.63, 3.8) is 0 Å². The van der Waals surface area contributed by atoms with Crippen LogP contribution in [0.4, 0.5) is 0 Å². The lowest BCUT2D eigenvalue weighted by Gasteiger charge is -2.10. The molecule has 0 saturated heterocycles. The van der Waals surface area contributed by atoms with Crippen molar-refractivity contribution in [2.75, 3.05) is 0 Å². The van der Waals surface area contributed by atoms with Crippen molar-refractivity contribution < 1.29 is 32.2 Å². The van der Waals surface area contributed by atoms with E-state index in [9.17, 15) is 18.0 Å². The minimum Gasteiger partial charge on any atom is -0.459 e. The largest absolute Gasteiger partial charge is 0.459 e. The predicted octanol–water partition coefficient (Wildman–Crippen LogP) is 6.48. The van der Waals surface area contributed by atoms with Gasteiger partial charge in [0.05, 0.1) is 21.5 Å². The van der Waals surface area contributed by atoms with Crippen molar-refractivity contribution in [2.24, 2.45) is 0 Å². The van der Waals surface area contributed by atoms with E-state index in [1.54, 1.807) is 86.6 Å². The van der Waals surface area contributed by atoms with Crippen molar-refractivity contribution in [2.45, 2.75) is 29.7 Å². The van der Waals surface area contributed by atoms with Gasteiger partial charge in [0.25, 0.3) is 0 Å². The number of carbonyl (C=O) groups excluding carboxylic acids is 2. The lowest BCUT2D eigenvalue weighted by atomic mass is 10.2. The predicted molar refractivity (Wildman–Crippen MR) is 137 cm³/mol. The van der Waals surface area contributed by atoms with Gasteiger partial charge in [0.1, 0.15) is 29.3 Å². The molecule has 0 heterocycles. The second kappa shape index (κ2) is 11.1. The lowest BCUT2D eigenvalue weighted by molar-refractivity contribution is 0.0377. The van der Waals surface area contributed by atoms with Crippen molar-refractivity contribution in [1.82, 2.24) is 0 Å². The minimum atomic E-state index is -3.75. The number of esters is 1. The summed E-state index contributed by atoms with van der Waals surface area (Å²) in [6, 6.07) is 25.2. The van der Waals surface area contributed by atoms with E-state index in [2.05, 4.69) is 0 Å². The maximum Gasteiger partial charge on any atom is 0.338 e. The van der Waals surface area contributed by atoms with Crippen LogP contribution >= 0.6 is 0 Å². The summed E-state index contributed by atoms with van der Waals surface area (Å²) in [5.74, 6) is 1.52. The highest BCUT2D eigenvalue weighted by Gasteiger charge is 2.18. The smallest absolute Gasteiger partial charge is 0.338 e. The molecule has 0 bridgehead atoms. The molecule has 0 unspecified atom stereocenters. The van der Waals surface area contributed by atoms with Crippen molar-refractivity contribution >= 4 is 22.1 Å². The van der Waals surface area contributed by atoms with Gasteiger partial charge in [-0.2, -0.15) is 0 Å². The number of ether oxygens (including phenoxy) is 3. The average Bonchev–Trinajstić information content (AvgIpc) is 2.90. The Morgan fingerprint density at radius 2 is 1.03 bits per heavy atom. The van der Waals surface area contributed by atoms with E-state index >= 15 is 0 Å². The van der Waals surface area contributed by atoms with E-state index in [1.807, 2.05) is 0 Å². The van der Waals surface area contributed by atoms with Gasteiger partial charge in [-0.15, -0.1) is 0 Å². The van der Waals surface area contributed by atoms with Crippen molar-refractivity contribution in [1.29, 1.82) is 0 Å². The molecule has 0 fully saturated rings. The lowest BCUT2D eigenvalue weighted by Crippen LogP contribution is -2.11. The standard InChI is InChI=1S/C29H24O7S/c1-20(2)34-29(31)22-5-9-24(10-6-22)36-26-13-17-28(18-14-26)37(32,33)27-15-11-25(12-16-27)35-23-7-3-21(19-30)4-8-23/h3-20H,1-2H3. The summed E-state index contributed by atoms with van der Waals surface area (Å²) >= 11 is 0. The summed E-state index contributed by atoms with van der Waals surface area (Å²) in [5.41, 5.74) is 0.946. The van der Waals surface area contributed by atoms with Gasteiger partial charge in [-0.05, 0) is 111 Å². The van der Waals surface area contributed by atoms with Gasteiger partial charge in [0.2, 0.25) is 9.84 Å². The van der Waals surface area contributed by atoms with Gasteiger partial charge in [0, 0.05) is 5.56 Å². The number of hydrogen-bond acceptors (Lipinski definition) is 7. The zero-order chi connectivity index (χ0) is 26.4. The highest BCUT2D eigenvalue weighted by atomic mass is 32.2. The summed E-state index contributed by atoms with van der Waals surface area (Å²) in [5, 5.41) is 0. The van der Waals surface area contributed by atoms with Gasteiger partial charge in [-0.1, -0.05) is 0 Å². The number of carbonyl (C=O) groups is 2. The van der Waals surface area contributed by atoms with Crippen LogP contribution in [0.15, 0.2) is 107 Å². The second-order valence-electron chi connectivity index (χ2n) is 8.32. The Morgan fingerprint density at radius 1 is 0.649 bits per heavy atom. The summed E-state index contributed by atoms with van der Waals surface area (Å²) in [6.07, 6.45) is 0.533. The van der Waals surface area contributed by atoms with Gasteiger partial charge in [-0.25, -0.2) is 13.2 Å². The molecule has 0 aliphatic heterocycles. The number of aldehydes is 1. The van der Waals surface area contributed by atoms with Crippen molar-refractivity contribution in [3.8, 4) is 23.0 Å². The molecular formula is C29H24O7S. The molecule has 0 aliphatic carbocycles. The first-order valence-corrected chi connectivity index (χ1v) is 12.9. The molecule has 0 aliphatic rings. The number of rotatable bonds is 9. The van der Waals surface area contributed by atoms with Gasteiger partial charge in [0.15, 0.2) is 0 Å². The first-order valence-electron chi connectivity index (χ1n) is 11.4. The number of hydrogen-bond donors (Lipinski definition) is 0. The molecule has 0 spiro atoms. The Balaban J connectivity index is 1.41. The van der Waals surface area contributed by atoms with Crippen LogP contribution in [0, 0.1) is 0 Å². The van der Waals surface area contributed by atoms with Crippen LogP contribution in [-0.2, 0) is 14.6 Å². The SMILES string of the molecule is CC(C)OC(=O)c1ccc(Oc2ccc(S(=O)(=O)c3ccc(Oc4ccc(C=O)cc4)cc3)cc2)cc1. The number of sulfone groups is 1. The minimum absolute atomic E-state index is 0.116. The van der Waals surface area contributed by atoms with Crippen LogP contribution in [0.5, 0.6) is 23.0 Å². The molecule has 0 N–H and O–H groups in total. The first-order chi connectivity index (χ1) is 17.7. The maximum atomic E-state index is 13.1. The third-order valence-electron chi connectivity index (χ3n) is 5.19. The third kappa shape index (κ3) is 6.42. The van der Waals surface area contributed by atoms with E-state index in [1.165, 1.54) is 24.3 Å². The van der Waals surface area contributed by atoms with E-state index in [-0.39, 0.29) is 15.9 Å². The van der Waals surface area contributed by atoms with Crippen molar-refractivity contribution in [3.05, 3.63) is 108 Å². The third-order valence-corrected chi connectivity index (χ3v) is 6.97. The van der Waals surface area contributed by atoms with E-state index < -0.39 is 15.8 Å². The molecule has 0 saturated carbocycles. The summed E-state index contributed by atoms with van der Waals surface area (Å²) < 4.78 is 42.8. The Bertz CT molecular complexity index is 1470. The molecule has 188 valence electrons. The van der Waals surface area contributed by atoms with Crippen LogP contribution in [0.3, 0.4) is 0 Å². The van der Waals surface area contributed by atoms with Crippen LogP contribution in [0.2, 0.25) is 0 Å². The summed E-state index contributed by atoms with van der Waals surface area (Å²) in [6.45, 7) is 3.56. The fraction of sp³-hybridized carbons (Fsp3) is 0.103.